The molecule has 0 aliphatic carbocycles. The van der Waals surface area contributed by atoms with E-state index in [9.17, 15) is 0 Å². The number of hydrogen-bond donors (Lipinski definition) is 0. The fraction of sp³-hybridized carbons (Fsp3) is 0.706. The quantitative estimate of drug-likeness (QED) is 0.826. The van der Waals surface area contributed by atoms with Crippen molar-refractivity contribution in [3.63, 3.8) is 0 Å². The Morgan fingerprint density at radius 2 is 1.71 bits per heavy atom. The summed E-state index contributed by atoms with van der Waals surface area (Å²) in [5.41, 5.74) is 0.794. The van der Waals surface area contributed by atoms with Crippen molar-refractivity contribution in [2.24, 2.45) is 0 Å². The number of hydrogen-bond acceptors (Lipinski definition) is 6. The molecule has 0 atom stereocenters. The van der Waals surface area contributed by atoms with E-state index in [1.807, 2.05) is 16.6 Å². The maximum atomic E-state index is 5.23. The second-order valence-corrected chi connectivity index (χ2v) is 6.87. The lowest BCUT2D eigenvalue weighted by Crippen LogP contribution is -2.38. The zero-order valence-electron chi connectivity index (χ0n) is 14.4. The fourth-order valence-corrected chi connectivity index (χ4v) is 3.86. The van der Waals surface area contributed by atoms with Gasteiger partial charge in [-0.25, -0.2) is 0 Å². The smallest absolute Gasteiger partial charge is 0.231 e. The van der Waals surface area contributed by atoms with Crippen LogP contribution in [-0.2, 0) is 0 Å². The SMILES string of the molecule is COc1ccc2nnc(C3CCN(CCN4CCCC4)CC3)n2n1. The van der Waals surface area contributed by atoms with Crippen molar-refractivity contribution in [3.05, 3.63) is 18.0 Å². The third kappa shape index (κ3) is 3.23. The number of likely N-dealkylation sites (tertiary alicyclic amines) is 2. The highest BCUT2D eigenvalue weighted by Gasteiger charge is 2.25. The topological polar surface area (TPSA) is 58.8 Å². The van der Waals surface area contributed by atoms with Crippen LogP contribution in [0, 0.1) is 0 Å². The van der Waals surface area contributed by atoms with Crippen LogP contribution in [0.4, 0.5) is 0 Å². The van der Waals surface area contributed by atoms with Crippen molar-refractivity contribution >= 4 is 5.65 Å². The Morgan fingerprint density at radius 3 is 2.42 bits per heavy atom. The number of methoxy groups -OCH3 is 1. The van der Waals surface area contributed by atoms with E-state index in [4.69, 9.17) is 4.74 Å². The maximum Gasteiger partial charge on any atom is 0.231 e. The number of ether oxygens (including phenoxy) is 1. The molecule has 2 saturated heterocycles. The van der Waals surface area contributed by atoms with Crippen LogP contribution in [0.2, 0.25) is 0 Å². The zero-order chi connectivity index (χ0) is 16.4. The first-order valence-electron chi connectivity index (χ1n) is 9.04. The fourth-order valence-electron chi connectivity index (χ4n) is 3.86. The molecule has 0 unspecified atom stereocenters. The number of fused-ring (bicyclic) bond motifs is 1. The summed E-state index contributed by atoms with van der Waals surface area (Å²) in [4.78, 5) is 5.18. The van der Waals surface area contributed by atoms with Crippen LogP contribution >= 0.6 is 0 Å². The third-order valence-electron chi connectivity index (χ3n) is 5.36. The van der Waals surface area contributed by atoms with Gasteiger partial charge < -0.3 is 14.5 Å². The van der Waals surface area contributed by atoms with Gasteiger partial charge in [0, 0.05) is 25.1 Å². The third-order valence-corrected chi connectivity index (χ3v) is 5.36. The van der Waals surface area contributed by atoms with Gasteiger partial charge in [0.1, 0.15) is 0 Å². The average molecular weight is 330 g/mol. The molecule has 0 radical (unpaired) electrons. The number of piperidine rings is 1. The van der Waals surface area contributed by atoms with Gasteiger partial charge >= 0.3 is 0 Å². The summed E-state index contributed by atoms with van der Waals surface area (Å²) in [5.74, 6) is 2.01. The second-order valence-electron chi connectivity index (χ2n) is 6.87. The van der Waals surface area contributed by atoms with Gasteiger partial charge in [-0.15, -0.1) is 15.3 Å². The largest absolute Gasteiger partial charge is 0.480 e. The van der Waals surface area contributed by atoms with Gasteiger partial charge in [-0.05, 0) is 57.9 Å². The van der Waals surface area contributed by atoms with Crippen molar-refractivity contribution < 1.29 is 4.74 Å². The van der Waals surface area contributed by atoms with Crippen LogP contribution in [-0.4, -0.2) is 76.0 Å². The van der Waals surface area contributed by atoms with Crippen LogP contribution in [0.5, 0.6) is 5.88 Å². The summed E-state index contributed by atoms with van der Waals surface area (Å²) in [5, 5.41) is 13.1. The summed E-state index contributed by atoms with van der Waals surface area (Å²) in [6.45, 7) is 7.26. The second kappa shape index (κ2) is 7.03. The summed E-state index contributed by atoms with van der Waals surface area (Å²) >= 11 is 0. The minimum atomic E-state index is 0.433. The van der Waals surface area contributed by atoms with Gasteiger partial charge in [-0.1, -0.05) is 0 Å². The van der Waals surface area contributed by atoms with Crippen LogP contribution in [0.25, 0.3) is 5.65 Å². The molecule has 0 saturated carbocycles. The van der Waals surface area contributed by atoms with Gasteiger partial charge in [0.15, 0.2) is 11.5 Å². The minimum Gasteiger partial charge on any atom is -0.480 e. The van der Waals surface area contributed by atoms with Gasteiger partial charge in [0.2, 0.25) is 5.88 Å². The number of nitrogens with zero attached hydrogens (tertiary/aromatic N) is 6. The van der Waals surface area contributed by atoms with E-state index in [-0.39, 0.29) is 0 Å². The normalized spacial score (nSPS) is 20.9. The highest BCUT2D eigenvalue weighted by atomic mass is 16.5. The first-order valence-corrected chi connectivity index (χ1v) is 9.04. The summed E-state index contributed by atoms with van der Waals surface area (Å²) in [6, 6.07) is 3.74. The van der Waals surface area contributed by atoms with Crippen LogP contribution in [0.3, 0.4) is 0 Å². The lowest BCUT2D eigenvalue weighted by atomic mass is 9.96. The highest BCUT2D eigenvalue weighted by Crippen LogP contribution is 2.27. The molecule has 2 aromatic rings. The Bertz CT molecular complexity index is 673. The molecular formula is C17H26N6O. The molecular weight excluding hydrogens is 304 g/mol. The molecule has 130 valence electrons. The molecule has 0 amide bonds. The van der Waals surface area contributed by atoms with Crippen LogP contribution in [0.15, 0.2) is 12.1 Å². The van der Waals surface area contributed by atoms with Gasteiger partial charge in [-0.2, -0.15) is 4.52 Å². The molecule has 4 heterocycles. The van der Waals surface area contributed by atoms with Crippen LogP contribution < -0.4 is 4.74 Å². The lowest BCUT2D eigenvalue weighted by molar-refractivity contribution is 0.182. The van der Waals surface area contributed by atoms with E-state index in [2.05, 4.69) is 25.1 Å². The van der Waals surface area contributed by atoms with Gasteiger partial charge in [0.25, 0.3) is 0 Å². The Hall–Kier alpha value is -1.73. The van der Waals surface area contributed by atoms with E-state index >= 15 is 0 Å². The molecule has 2 aromatic heterocycles. The molecule has 2 aliphatic rings. The first-order chi connectivity index (χ1) is 11.8. The molecule has 2 fully saturated rings. The molecule has 0 N–H and O–H groups in total. The zero-order valence-corrected chi connectivity index (χ0v) is 14.4. The molecule has 2 aliphatic heterocycles. The molecule has 4 rings (SSSR count). The van der Waals surface area contributed by atoms with Crippen molar-refractivity contribution in [2.45, 2.75) is 31.6 Å². The molecule has 7 heteroatoms. The summed E-state index contributed by atoms with van der Waals surface area (Å²) < 4.78 is 7.08. The predicted octanol–water partition coefficient (Wildman–Crippen LogP) is 1.41. The maximum absolute atomic E-state index is 5.23. The standard InChI is InChI=1S/C17H26N6O/c1-24-16-5-4-15-18-19-17(23(15)20-16)14-6-10-22(11-7-14)13-12-21-8-2-3-9-21/h4-5,14H,2-3,6-13H2,1H3. The van der Waals surface area contributed by atoms with Crippen molar-refractivity contribution in [1.29, 1.82) is 0 Å². The van der Waals surface area contributed by atoms with E-state index in [0.29, 0.717) is 11.8 Å². The van der Waals surface area contributed by atoms with Gasteiger partial charge in [-0.3, -0.25) is 0 Å². The molecule has 0 bridgehead atoms. The van der Waals surface area contributed by atoms with Crippen LogP contribution in [0.1, 0.15) is 37.4 Å². The summed E-state index contributed by atoms with van der Waals surface area (Å²) in [7, 11) is 1.64. The molecule has 24 heavy (non-hydrogen) atoms. The summed E-state index contributed by atoms with van der Waals surface area (Å²) in [6.07, 6.45) is 5.00. The molecule has 0 spiro atoms. The highest BCUT2D eigenvalue weighted by molar-refractivity contribution is 5.38. The number of rotatable bonds is 5. The van der Waals surface area contributed by atoms with Crippen molar-refractivity contribution in [2.75, 3.05) is 46.4 Å². The Morgan fingerprint density at radius 1 is 1.00 bits per heavy atom. The Kier molecular flexibility index (Phi) is 4.62. The first kappa shape index (κ1) is 15.8. The number of aromatic nitrogens is 4. The average Bonchev–Trinajstić information content (AvgIpc) is 3.29. The Labute approximate surface area is 142 Å². The molecule has 0 aromatic carbocycles. The lowest BCUT2D eigenvalue weighted by Gasteiger charge is -2.32. The van der Waals surface area contributed by atoms with E-state index < -0.39 is 0 Å². The van der Waals surface area contributed by atoms with Crippen molar-refractivity contribution in [1.82, 2.24) is 29.6 Å². The molecule has 7 nitrogen and oxygen atoms in total. The Balaban J connectivity index is 1.37. The minimum absolute atomic E-state index is 0.433. The van der Waals surface area contributed by atoms with Gasteiger partial charge in [0.05, 0.1) is 7.11 Å². The van der Waals surface area contributed by atoms with E-state index in [0.717, 1.165) is 37.4 Å². The van der Waals surface area contributed by atoms with Crippen molar-refractivity contribution in [3.8, 4) is 5.88 Å². The predicted molar refractivity (Wildman–Crippen MR) is 91.4 cm³/mol. The van der Waals surface area contributed by atoms with E-state index in [1.165, 1.54) is 39.0 Å². The van der Waals surface area contributed by atoms with E-state index in [1.54, 1.807) is 7.11 Å². The monoisotopic (exact) mass is 330 g/mol.